The Labute approximate surface area is 115 Å². The van der Waals surface area contributed by atoms with Gasteiger partial charge in [-0.05, 0) is 58.7 Å². The molecular formula is C13H25NO3S. The number of rotatable bonds is 6. The zero-order chi connectivity index (χ0) is 14.3. The Balaban J connectivity index is 3.96. The van der Waals surface area contributed by atoms with Crippen LogP contribution in [-0.2, 0) is 4.74 Å². The molecule has 0 aromatic carbocycles. The largest absolute Gasteiger partial charge is 0.502 e. The molecule has 0 unspecified atom stereocenters. The third kappa shape index (κ3) is 9.22. The fourth-order valence-corrected chi connectivity index (χ4v) is 1.61. The molecule has 0 bridgehead atoms. The maximum Gasteiger partial charge on any atom is 0.407 e. The Kier molecular flexibility index (Phi) is 7.21. The van der Waals surface area contributed by atoms with Crippen molar-refractivity contribution in [3.63, 3.8) is 0 Å². The Bertz CT molecular complexity index is 286. The third-order valence-corrected chi connectivity index (χ3v) is 2.85. The van der Waals surface area contributed by atoms with Crippen LogP contribution in [0.25, 0.3) is 0 Å². The van der Waals surface area contributed by atoms with Crippen molar-refractivity contribution in [3.05, 3.63) is 0 Å². The molecule has 0 spiro atoms. The van der Waals surface area contributed by atoms with Crippen LogP contribution < -0.4 is 5.32 Å². The Hall–Kier alpha value is -0.840. The summed E-state index contributed by atoms with van der Waals surface area (Å²) in [7, 11) is 0. The summed E-state index contributed by atoms with van der Waals surface area (Å²) in [5, 5.41) is 11.8. The average molecular weight is 275 g/mol. The van der Waals surface area contributed by atoms with E-state index in [0.29, 0.717) is 12.3 Å². The van der Waals surface area contributed by atoms with Gasteiger partial charge in [-0.3, -0.25) is 0 Å². The number of carbonyl (C=O) groups excluding carboxylic acids is 1. The van der Waals surface area contributed by atoms with E-state index in [4.69, 9.17) is 9.84 Å². The molecule has 0 aliphatic rings. The Morgan fingerprint density at radius 2 is 1.94 bits per heavy atom. The number of hydrogen-bond donors (Lipinski definition) is 2. The van der Waals surface area contributed by atoms with Gasteiger partial charge in [0.1, 0.15) is 5.60 Å². The summed E-state index contributed by atoms with van der Waals surface area (Å²) in [4.78, 5) is 11.6. The molecule has 2 atom stereocenters. The average Bonchev–Trinajstić information content (AvgIpc) is 2.13. The smallest absolute Gasteiger partial charge is 0.407 e. The van der Waals surface area contributed by atoms with Gasteiger partial charge in [0.25, 0.3) is 0 Å². The van der Waals surface area contributed by atoms with E-state index in [1.165, 1.54) is 0 Å². The topological polar surface area (TPSA) is 58.6 Å². The molecule has 106 valence electrons. The molecule has 5 heteroatoms. The third-order valence-electron chi connectivity index (χ3n) is 2.65. The van der Waals surface area contributed by atoms with Gasteiger partial charge in [-0.2, -0.15) is 0 Å². The van der Waals surface area contributed by atoms with Crippen molar-refractivity contribution < 1.29 is 14.6 Å². The summed E-state index contributed by atoms with van der Waals surface area (Å²) >= 11 is 4.61. The molecule has 0 saturated carbocycles. The van der Waals surface area contributed by atoms with Crippen LogP contribution in [0.2, 0.25) is 0 Å². The van der Waals surface area contributed by atoms with E-state index in [-0.39, 0.29) is 17.2 Å². The molecule has 0 heterocycles. The van der Waals surface area contributed by atoms with E-state index >= 15 is 0 Å². The summed E-state index contributed by atoms with van der Waals surface area (Å²) in [6, 6.07) is 0.0344. The Morgan fingerprint density at radius 3 is 2.39 bits per heavy atom. The van der Waals surface area contributed by atoms with Crippen molar-refractivity contribution in [1.29, 1.82) is 0 Å². The van der Waals surface area contributed by atoms with E-state index in [9.17, 15) is 4.79 Å². The van der Waals surface area contributed by atoms with Crippen LogP contribution in [0.3, 0.4) is 0 Å². The van der Waals surface area contributed by atoms with E-state index in [2.05, 4.69) is 24.5 Å². The highest BCUT2D eigenvalue weighted by molar-refractivity contribution is 7.80. The zero-order valence-electron chi connectivity index (χ0n) is 11.9. The number of carbonyl (C=O) groups is 1. The van der Waals surface area contributed by atoms with Gasteiger partial charge in [0.2, 0.25) is 0 Å². The molecule has 0 rings (SSSR count). The summed E-state index contributed by atoms with van der Waals surface area (Å²) in [6.07, 6.45) is 1.88. The first-order valence-corrected chi connectivity index (χ1v) is 6.74. The van der Waals surface area contributed by atoms with Gasteiger partial charge in [-0.15, -0.1) is 0 Å². The molecule has 0 aliphatic heterocycles. The standard InChI is InChI=1S/C13H25NO3S/c1-9(7-6-8-11(15)18)10(2)14-12(16)17-13(3,4)5/h9-10H,6-8H2,1-5H3,(H,14,16)(H,15,18)/t9-,10-/m0/s1. The predicted molar refractivity (Wildman–Crippen MR) is 77.1 cm³/mol. The second kappa shape index (κ2) is 7.56. The fraction of sp³-hybridized carbons (Fsp3) is 0.846. The maximum absolute atomic E-state index is 11.6. The summed E-state index contributed by atoms with van der Waals surface area (Å²) in [6.45, 7) is 9.52. The van der Waals surface area contributed by atoms with E-state index < -0.39 is 5.60 Å². The molecule has 0 aliphatic carbocycles. The highest BCUT2D eigenvalue weighted by atomic mass is 32.1. The molecule has 4 nitrogen and oxygen atoms in total. The first kappa shape index (κ1) is 17.2. The molecule has 0 radical (unpaired) electrons. The van der Waals surface area contributed by atoms with Gasteiger partial charge in [0.15, 0.2) is 5.05 Å². The molecule has 0 fully saturated rings. The lowest BCUT2D eigenvalue weighted by atomic mass is 9.97. The van der Waals surface area contributed by atoms with Crippen molar-refractivity contribution in [2.75, 3.05) is 0 Å². The number of aliphatic hydroxyl groups excluding tert-OH is 1. The highest BCUT2D eigenvalue weighted by Crippen LogP contribution is 2.13. The predicted octanol–water partition coefficient (Wildman–Crippen LogP) is 3.59. The van der Waals surface area contributed by atoms with Gasteiger partial charge in [0, 0.05) is 12.5 Å². The van der Waals surface area contributed by atoms with Gasteiger partial charge in [0.05, 0.1) is 0 Å². The first-order valence-electron chi connectivity index (χ1n) is 6.33. The number of aliphatic hydroxyl groups is 1. The first-order chi connectivity index (χ1) is 8.11. The second-order valence-corrected chi connectivity index (χ2v) is 6.17. The molecule has 0 saturated heterocycles. The summed E-state index contributed by atoms with van der Waals surface area (Å²) in [5.74, 6) is 0.312. The minimum atomic E-state index is -0.476. The monoisotopic (exact) mass is 275 g/mol. The Morgan fingerprint density at radius 1 is 1.39 bits per heavy atom. The van der Waals surface area contributed by atoms with Crippen LogP contribution >= 0.6 is 12.2 Å². The van der Waals surface area contributed by atoms with Gasteiger partial charge < -0.3 is 15.2 Å². The van der Waals surface area contributed by atoms with Gasteiger partial charge >= 0.3 is 6.09 Å². The number of hydrogen-bond acceptors (Lipinski definition) is 3. The van der Waals surface area contributed by atoms with Gasteiger partial charge in [-0.25, -0.2) is 4.79 Å². The van der Waals surface area contributed by atoms with Crippen molar-refractivity contribution in [3.8, 4) is 0 Å². The quantitative estimate of drug-likeness (QED) is 0.727. The van der Waals surface area contributed by atoms with Crippen LogP contribution in [0.1, 0.15) is 53.9 Å². The normalized spacial score (nSPS) is 14.7. The molecule has 2 N–H and O–H groups in total. The minimum absolute atomic E-state index is 0.0344. The molecule has 0 aromatic heterocycles. The molecule has 18 heavy (non-hydrogen) atoms. The van der Waals surface area contributed by atoms with Crippen LogP contribution in [0.5, 0.6) is 0 Å². The summed E-state index contributed by atoms with van der Waals surface area (Å²) < 4.78 is 5.19. The van der Waals surface area contributed by atoms with Crippen LogP contribution in [0.4, 0.5) is 4.79 Å². The SMILES string of the molecule is C[C@H](NC(=O)OC(C)(C)C)[C@@H](C)CCCC(O)=S. The second-order valence-electron chi connectivity index (χ2n) is 5.70. The number of ether oxygens (including phenoxy) is 1. The van der Waals surface area contributed by atoms with Crippen LogP contribution in [-0.4, -0.2) is 27.9 Å². The maximum atomic E-state index is 11.6. The number of amides is 1. The van der Waals surface area contributed by atoms with Crippen LogP contribution in [0.15, 0.2) is 0 Å². The van der Waals surface area contributed by atoms with E-state index in [0.717, 1.165) is 12.8 Å². The van der Waals surface area contributed by atoms with Crippen LogP contribution in [0, 0.1) is 5.92 Å². The summed E-state index contributed by atoms with van der Waals surface area (Å²) in [5.41, 5.74) is -0.476. The van der Waals surface area contributed by atoms with Crippen molar-refractivity contribution in [1.82, 2.24) is 5.32 Å². The lowest BCUT2D eigenvalue weighted by Gasteiger charge is -2.24. The molecule has 0 aromatic rings. The van der Waals surface area contributed by atoms with Crippen molar-refractivity contribution >= 4 is 23.4 Å². The fourth-order valence-electron chi connectivity index (χ4n) is 1.46. The molecular weight excluding hydrogens is 250 g/mol. The zero-order valence-corrected chi connectivity index (χ0v) is 12.8. The van der Waals surface area contributed by atoms with Crippen molar-refractivity contribution in [2.24, 2.45) is 5.92 Å². The van der Waals surface area contributed by atoms with Gasteiger partial charge in [-0.1, -0.05) is 6.92 Å². The van der Waals surface area contributed by atoms with Crippen molar-refractivity contribution in [2.45, 2.75) is 65.5 Å². The lowest BCUT2D eigenvalue weighted by molar-refractivity contribution is 0.0492. The highest BCUT2D eigenvalue weighted by Gasteiger charge is 2.20. The van der Waals surface area contributed by atoms with E-state index in [1.54, 1.807) is 0 Å². The minimum Gasteiger partial charge on any atom is -0.502 e. The molecule has 1 amide bonds. The van der Waals surface area contributed by atoms with E-state index in [1.807, 2.05) is 27.7 Å². The number of thiocarbonyl (C=S) groups is 1. The number of alkyl carbamates (subject to hydrolysis) is 1. The number of nitrogens with one attached hydrogen (secondary N) is 1. The lowest BCUT2D eigenvalue weighted by Crippen LogP contribution is -2.40.